The second-order valence-corrected chi connectivity index (χ2v) is 5.80. The number of carbonyl (C=O) groups is 2. The Morgan fingerprint density at radius 3 is 2.43 bits per heavy atom. The lowest BCUT2D eigenvalue weighted by atomic mass is 10.2. The topological polar surface area (TPSA) is 84.9 Å². The van der Waals surface area contributed by atoms with Crippen LogP contribution in [0.4, 0.5) is 13.6 Å². The molecule has 0 spiro atoms. The third-order valence-corrected chi connectivity index (χ3v) is 2.53. The summed E-state index contributed by atoms with van der Waals surface area (Å²) in [6.45, 7) is 4.44. The summed E-state index contributed by atoms with van der Waals surface area (Å²) in [6.07, 6.45) is -0.888. The van der Waals surface area contributed by atoms with E-state index in [1.165, 1.54) is 6.07 Å². The maximum absolute atomic E-state index is 13.0. The first-order chi connectivity index (χ1) is 10.6. The van der Waals surface area contributed by atoms with Crippen LogP contribution in [0, 0.1) is 11.6 Å². The molecular formula is C15H19F2NO5. The summed E-state index contributed by atoms with van der Waals surface area (Å²) >= 11 is 0. The fourth-order valence-electron chi connectivity index (χ4n) is 1.55. The van der Waals surface area contributed by atoms with E-state index in [9.17, 15) is 18.4 Å². The molecule has 1 rings (SSSR count). The van der Waals surface area contributed by atoms with Gasteiger partial charge >= 0.3 is 12.1 Å². The number of carboxylic acids is 1. The van der Waals surface area contributed by atoms with Gasteiger partial charge in [0.2, 0.25) is 0 Å². The molecule has 0 aliphatic rings. The van der Waals surface area contributed by atoms with Gasteiger partial charge in [-0.1, -0.05) is 6.07 Å². The highest BCUT2D eigenvalue weighted by Gasteiger charge is 2.24. The standard InChI is InChI=1S/C15H19F2NO5/c1-15(2,3)23-14(21)18-12(13(19)20)8-22-7-9-4-5-10(16)11(17)6-9/h4-6,12H,7-8H2,1-3H3,(H,18,21)(H,19,20)/t12-/m1/s1. The highest BCUT2D eigenvalue weighted by molar-refractivity contribution is 5.80. The Morgan fingerprint density at radius 2 is 1.91 bits per heavy atom. The van der Waals surface area contributed by atoms with Crippen molar-refractivity contribution in [2.45, 2.75) is 39.0 Å². The zero-order chi connectivity index (χ0) is 17.6. The Hall–Kier alpha value is -2.22. The molecular weight excluding hydrogens is 312 g/mol. The number of hydrogen-bond donors (Lipinski definition) is 2. The van der Waals surface area contributed by atoms with Crippen molar-refractivity contribution in [3.63, 3.8) is 0 Å². The van der Waals surface area contributed by atoms with Crippen molar-refractivity contribution in [1.29, 1.82) is 0 Å². The minimum Gasteiger partial charge on any atom is -0.480 e. The molecule has 23 heavy (non-hydrogen) atoms. The second kappa shape index (κ2) is 7.87. The van der Waals surface area contributed by atoms with Gasteiger partial charge < -0.3 is 19.9 Å². The van der Waals surface area contributed by atoms with E-state index in [0.29, 0.717) is 5.56 Å². The maximum atomic E-state index is 13.0. The van der Waals surface area contributed by atoms with Gasteiger partial charge in [0.25, 0.3) is 0 Å². The van der Waals surface area contributed by atoms with Crippen molar-refractivity contribution in [2.24, 2.45) is 0 Å². The number of aliphatic carboxylic acids is 1. The molecule has 1 atom stereocenters. The maximum Gasteiger partial charge on any atom is 0.408 e. The molecule has 1 amide bonds. The minimum atomic E-state index is -1.32. The number of hydrogen-bond acceptors (Lipinski definition) is 4. The van der Waals surface area contributed by atoms with Crippen molar-refractivity contribution in [3.8, 4) is 0 Å². The zero-order valence-electron chi connectivity index (χ0n) is 13.1. The van der Waals surface area contributed by atoms with Crippen molar-refractivity contribution in [2.75, 3.05) is 6.61 Å². The molecule has 0 radical (unpaired) electrons. The molecule has 0 heterocycles. The lowest BCUT2D eigenvalue weighted by Gasteiger charge is -2.22. The molecule has 1 aromatic rings. The molecule has 0 saturated carbocycles. The SMILES string of the molecule is CC(C)(C)OC(=O)N[C@H](COCc1ccc(F)c(F)c1)C(=O)O. The van der Waals surface area contributed by atoms with Crippen molar-refractivity contribution in [3.05, 3.63) is 35.4 Å². The molecule has 0 aliphatic heterocycles. The predicted octanol–water partition coefficient (Wildman–Crippen LogP) is 2.46. The molecule has 0 aliphatic carbocycles. The van der Waals surface area contributed by atoms with Gasteiger partial charge in [-0.15, -0.1) is 0 Å². The van der Waals surface area contributed by atoms with E-state index in [1.54, 1.807) is 20.8 Å². The van der Waals surface area contributed by atoms with Crippen LogP contribution in [-0.4, -0.2) is 35.4 Å². The van der Waals surface area contributed by atoms with E-state index >= 15 is 0 Å². The summed E-state index contributed by atoms with van der Waals surface area (Å²) in [4.78, 5) is 22.6. The number of carbonyl (C=O) groups excluding carboxylic acids is 1. The molecule has 0 bridgehead atoms. The summed E-state index contributed by atoms with van der Waals surface area (Å²) in [5.41, 5.74) is -0.426. The highest BCUT2D eigenvalue weighted by Crippen LogP contribution is 2.10. The van der Waals surface area contributed by atoms with Crippen LogP contribution < -0.4 is 5.32 Å². The van der Waals surface area contributed by atoms with Crippen LogP contribution in [0.1, 0.15) is 26.3 Å². The van der Waals surface area contributed by atoms with Crippen LogP contribution in [0.3, 0.4) is 0 Å². The van der Waals surface area contributed by atoms with Crippen LogP contribution in [-0.2, 0) is 20.9 Å². The van der Waals surface area contributed by atoms with Crippen molar-refractivity contribution >= 4 is 12.1 Å². The van der Waals surface area contributed by atoms with Gasteiger partial charge in [0, 0.05) is 0 Å². The second-order valence-electron chi connectivity index (χ2n) is 5.80. The first kappa shape index (κ1) is 18.8. The van der Waals surface area contributed by atoms with E-state index in [0.717, 1.165) is 12.1 Å². The predicted molar refractivity (Wildman–Crippen MR) is 76.8 cm³/mol. The van der Waals surface area contributed by atoms with E-state index in [4.69, 9.17) is 14.6 Å². The van der Waals surface area contributed by atoms with Crippen LogP contribution in [0.15, 0.2) is 18.2 Å². The monoisotopic (exact) mass is 331 g/mol. The molecule has 0 aromatic heterocycles. The molecule has 8 heteroatoms. The number of nitrogens with one attached hydrogen (secondary N) is 1. The Labute approximate surface area is 132 Å². The average molecular weight is 331 g/mol. The number of amides is 1. The first-order valence-electron chi connectivity index (χ1n) is 6.82. The van der Waals surface area contributed by atoms with Gasteiger partial charge in [-0.25, -0.2) is 18.4 Å². The smallest absolute Gasteiger partial charge is 0.408 e. The number of halogens is 2. The lowest BCUT2D eigenvalue weighted by molar-refractivity contribution is -0.141. The van der Waals surface area contributed by atoms with E-state index in [1.807, 2.05) is 0 Å². The number of alkyl carbamates (subject to hydrolysis) is 1. The van der Waals surface area contributed by atoms with Crippen molar-refractivity contribution in [1.82, 2.24) is 5.32 Å². The fraction of sp³-hybridized carbons (Fsp3) is 0.467. The zero-order valence-corrected chi connectivity index (χ0v) is 13.1. The largest absolute Gasteiger partial charge is 0.480 e. The Morgan fingerprint density at radius 1 is 1.26 bits per heavy atom. The fourth-order valence-corrected chi connectivity index (χ4v) is 1.55. The molecule has 128 valence electrons. The minimum absolute atomic E-state index is 0.128. The van der Waals surface area contributed by atoms with E-state index < -0.39 is 35.3 Å². The van der Waals surface area contributed by atoms with Gasteiger partial charge in [0.05, 0.1) is 13.2 Å². The van der Waals surface area contributed by atoms with Gasteiger partial charge in [0.15, 0.2) is 17.7 Å². The molecule has 6 nitrogen and oxygen atoms in total. The third-order valence-electron chi connectivity index (χ3n) is 2.53. The average Bonchev–Trinajstić information content (AvgIpc) is 2.39. The van der Waals surface area contributed by atoms with Gasteiger partial charge in [-0.05, 0) is 38.5 Å². The summed E-state index contributed by atoms with van der Waals surface area (Å²) in [6, 6.07) is 1.89. The summed E-state index contributed by atoms with van der Waals surface area (Å²) in [5.74, 6) is -3.31. The molecule has 0 fully saturated rings. The number of ether oxygens (including phenoxy) is 2. The number of rotatable bonds is 6. The van der Waals surface area contributed by atoms with E-state index in [2.05, 4.69) is 5.32 Å². The molecule has 2 N–H and O–H groups in total. The first-order valence-corrected chi connectivity index (χ1v) is 6.82. The van der Waals surface area contributed by atoms with Crippen LogP contribution in [0.5, 0.6) is 0 Å². The summed E-state index contributed by atoms with van der Waals surface area (Å²) < 4.78 is 35.9. The molecule has 0 saturated heterocycles. The van der Waals surface area contributed by atoms with E-state index in [-0.39, 0.29) is 13.2 Å². The quantitative estimate of drug-likeness (QED) is 0.836. The van der Waals surface area contributed by atoms with Gasteiger partial charge in [0.1, 0.15) is 5.60 Å². The van der Waals surface area contributed by atoms with Crippen LogP contribution in [0.2, 0.25) is 0 Å². The number of benzene rings is 1. The summed E-state index contributed by atoms with van der Waals surface area (Å²) in [7, 11) is 0. The molecule has 0 unspecified atom stereocenters. The van der Waals surface area contributed by atoms with Crippen LogP contribution in [0.25, 0.3) is 0 Å². The Kier molecular flexibility index (Phi) is 6.44. The Balaban J connectivity index is 2.52. The van der Waals surface area contributed by atoms with Gasteiger partial charge in [-0.2, -0.15) is 0 Å². The van der Waals surface area contributed by atoms with Crippen molar-refractivity contribution < 1.29 is 33.0 Å². The Bertz CT molecular complexity index is 571. The number of carboxylic acid groups (broad SMARTS) is 1. The lowest BCUT2D eigenvalue weighted by Crippen LogP contribution is -2.46. The summed E-state index contributed by atoms with van der Waals surface area (Å²) in [5, 5.41) is 11.2. The van der Waals surface area contributed by atoms with Gasteiger partial charge in [-0.3, -0.25) is 0 Å². The normalized spacial score (nSPS) is 12.6. The third kappa shape index (κ3) is 7.05. The molecule has 1 aromatic carbocycles. The van der Waals surface area contributed by atoms with Crippen LogP contribution >= 0.6 is 0 Å². The highest BCUT2D eigenvalue weighted by atomic mass is 19.2.